The lowest BCUT2D eigenvalue weighted by Crippen LogP contribution is -2.52. The number of likely N-dealkylation sites (tertiary alicyclic amines) is 2. The van der Waals surface area contributed by atoms with Gasteiger partial charge in [-0.15, -0.1) is 6.58 Å². The number of rotatable bonds is 12. The SMILES string of the molecule is C=CCC(NC(=O)C1CCN(C2CCN(C(=O)/C=C/CN(C)C)CC2)CC1)N(C)/C=N\C(=C)N1C2CCC1COC2. The zero-order chi connectivity index (χ0) is 29.4. The Balaban J connectivity index is 1.20. The monoisotopic (exact) mass is 569 g/mol. The van der Waals surface area contributed by atoms with Gasteiger partial charge in [-0.2, -0.15) is 0 Å². The number of ether oxygens (including phenoxy) is 1. The Kier molecular flexibility index (Phi) is 11.4. The van der Waals surface area contributed by atoms with Crippen LogP contribution in [0.15, 0.2) is 42.2 Å². The molecule has 41 heavy (non-hydrogen) atoms. The molecule has 0 aliphatic carbocycles. The molecule has 2 amide bonds. The van der Waals surface area contributed by atoms with Gasteiger partial charge < -0.3 is 34.6 Å². The number of carbonyl (C=O) groups excluding carboxylic acids is 2. The van der Waals surface area contributed by atoms with E-state index < -0.39 is 0 Å². The second-order valence-electron chi connectivity index (χ2n) is 12.2. The molecule has 3 atom stereocenters. The van der Waals surface area contributed by atoms with Crippen molar-refractivity contribution in [3.05, 3.63) is 37.2 Å². The zero-order valence-electron chi connectivity index (χ0n) is 25.4. The maximum atomic E-state index is 13.3. The highest BCUT2D eigenvalue weighted by Gasteiger charge is 2.38. The van der Waals surface area contributed by atoms with E-state index in [9.17, 15) is 9.59 Å². The first-order valence-corrected chi connectivity index (χ1v) is 15.3. The van der Waals surface area contributed by atoms with E-state index in [1.807, 2.05) is 48.0 Å². The molecular weight excluding hydrogens is 518 g/mol. The Morgan fingerprint density at radius 3 is 2.27 bits per heavy atom. The first-order valence-electron chi connectivity index (χ1n) is 15.3. The lowest BCUT2D eigenvalue weighted by atomic mass is 9.92. The molecule has 10 heteroatoms. The number of hydrogen-bond acceptors (Lipinski definition) is 7. The average Bonchev–Trinajstić information content (AvgIpc) is 3.23. The smallest absolute Gasteiger partial charge is 0.246 e. The molecule has 0 radical (unpaired) electrons. The minimum atomic E-state index is -0.204. The normalized spacial score (nSPS) is 25.3. The van der Waals surface area contributed by atoms with E-state index in [4.69, 9.17) is 4.74 Å². The molecule has 4 heterocycles. The molecule has 10 nitrogen and oxygen atoms in total. The number of likely N-dealkylation sites (N-methyl/N-ethyl adjacent to an activating group) is 1. The third-order valence-electron chi connectivity index (χ3n) is 9.04. The Morgan fingerprint density at radius 1 is 1.00 bits per heavy atom. The fourth-order valence-corrected chi connectivity index (χ4v) is 6.57. The summed E-state index contributed by atoms with van der Waals surface area (Å²) in [5, 5.41) is 3.25. The van der Waals surface area contributed by atoms with Crippen LogP contribution in [0, 0.1) is 5.92 Å². The molecule has 0 aromatic heterocycles. The van der Waals surface area contributed by atoms with Gasteiger partial charge in [0.05, 0.1) is 31.6 Å². The van der Waals surface area contributed by atoms with Crippen LogP contribution in [-0.4, -0.2) is 134 Å². The van der Waals surface area contributed by atoms with Crippen LogP contribution in [0.25, 0.3) is 0 Å². The molecule has 4 aliphatic rings. The maximum absolute atomic E-state index is 13.3. The van der Waals surface area contributed by atoms with Crippen molar-refractivity contribution in [2.75, 3.05) is 67.1 Å². The van der Waals surface area contributed by atoms with E-state index >= 15 is 0 Å². The van der Waals surface area contributed by atoms with Crippen molar-refractivity contribution in [2.45, 2.75) is 69.2 Å². The highest BCUT2D eigenvalue weighted by molar-refractivity contribution is 5.87. The van der Waals surface area contributed by atoms with Crippen LogP contribution in [0.1, 0.15) is 44.9 Å². The molecule has 2 bridgehead atoms. The molecule has 0 aromatic rings. The summed E-state index contributed by atoms with van der Waals surface area (Å²) in [5.41, 5.74) is 0. The first-order chi connectivity index (χ1) is 19.8. The molecule has 4 fully saturated rings. The number of amides is 2. The molecular formula is C31H51N7O3. The summed E-state index contributed by atoms with van der Waals surface area (Å²) in [7, 11) is 5.93. The summed E-state index contributed by atoms with van der Waals surface area (Å²) < 4.78 is 5.68. The lowest BCUT2D eigenvalue weighted by molar-refractivity contribution is -0.130. The van der Waals surface area contributed by atoms with Crippen LogP contribution in [0.3, 0.4) is 0 Å². The van der Waals surface area contributed by atoms with Gasteiger partial charge in [-0.3, -0.25) is 9.59 Å². The van der Waals surface area contributed by atoms with Gasteiger partial charge in [0.25, 0.3) is 0 Å². The number of piperidine rings is 2. The van der Waals surface area contributed by atoms with Crippen LogP contribution in [0.5, 0.6) is 0 Å². The van der Waals surface area contributed by atoms with Gasteiger partial charge in [-0.1, -0.05) is 18.7 Å². The largest absolute Gasteiger partial charge is 0.377 e. The van der Waals surface area contributed by atoms with Crippen LogP contribution >= 0.6 is 0 Å². The molecule has 0 saturated carbocycles. The summed E-state index contributed by atoms with van der Waals surface area (Å²) in [6, 6.07) is 1.21. The van der Waals surface area contributed by atoms with Gasteiger partial charge in [0.2, 0.25) is 11.8 Å². The van der Waals surface area contributed by atoms with Crippen molar-refractivity contribution >= 4 is 18.2 Å². The maximum Gasteiger partial charge on any atom is 0.246 e. The number of fused-ring (bicyclic) bond motifs is 2. The van der Waals surface area contributed by atoms with E-state index in [0.717, 1.165) is 90.3 Å². The van der Waals surface area contributed by atoms with Crippen LogP contribution < -0.4 is 5.32 Å². The van der Waals surface area contributed by atoms with E-state index in [0.29, 0.717) is 24.5 Å². The second-order valence-corrected chi connectivity index (χ2v) is 12.2. The Bertz CT molecular complexity index is 951. The highest BCUT2D eigenvalue weighted by atomic mass is 16.5. The van der Waals surface area contributed by atoms with Crippen molar-refractivity contribution in [2.24, 2.45) is 10.9 Å². The van der Waals surface area contributed by atoms with Crippen molar-refractivity contribution in [1.29, 1.82) is 0 Å². The summed E-state index contributed by atoms with van der Waals surface area (Å²) in [4.78, 5) is 41.2. The van der Waals surface area contributed by atoms with Gasteiger partial charge >= 0.3 is 0 Å². The highest BCUT2D eigenvalue weighted by Crippen LogP contribution is 2.32. The van der Waals surface area contributed by atoms with Crippen LogP contribution in [0.2, 0.25) is 0 Å². The second kappa shape index (κ2) is 15.0. The Labute approximate surface area is 246 Å². The minimum Gasteiger partial charge on any atom is -0.377 e. The number of morpholine rings is 1. The van der Waals surface area contributed by atoms with Gasteiger partial charge in [0.1, 0.15) is 12.0 Å². The molecule has 1 N–H and O–H groups in total. The molecule has 4 aliphatic heterocycles. The molecule has 0 spiro atoms. The number of nitrogens with one attached hydrogen (secondary N) is 1. The standard InChI is InChI=1S/C31H51N7O3/c1-6-8-29(35(5)23-32-24(2)38-27-10-11-28(38)22-41-21-27)33-31(40)25-12-17-36(18-13-25)26-14-19-37(20-15-26)30(39)9-7-16-34(3)4/h6-7,9,23,25-29H,1-2,8,10-22H2,3-5H3,(H,33,40)/b9-7+,32-23-. The third kappa shape index (κ3) is 8.42. The van der Waals surface area contributed by atoms with E-state index in [2.05, 4.69) is 33.3 Å². The van der Waals surface area contributed by atoms with Crippen molar-refractivity contribution < 1.29 is 14.3 Å². The van der Waals surface area contributed by atoms with Crippen molar-refractivity contribution in [3.63, 3.8) is 0 Å². The van der Waals surface area contributed by atoms with Gasteiger partial charge in [0.15, 0.2) is 0 Å². The zero-order valence-corrected chi connectivity index (χ0v) is 25.4. The summed E-state index contributed by atoms with van der Waals surface area (Å²) in [6.45, 7) is 13.8. The van der Waals surface area contributed by atoms with E-state index in [1.54, 1.807) is 12.4 Å². The molecule has 4 saturated heterocycles. The van der Waals surface area contributed by atoms with Gasteiger partial charge in [-0.05, 0) is 65.7 Å². The Morgan fingerprint density at radius 2 is 1.66 bits per heavy atom. The van der Waals surface area contributed by atoms with Gasteiger partial charge in [0, 0.05) is 51.1 Å². The van der Waals surface area contributed by atoms with Gasteiger partial charge in [-0.25, -0.2) is 4.99 Å². The predicted octanol–water partition coefficient (Wildman–Crippen LogP) is 2.12. The molecule has 0 aromatic carbocycles. The fraction of sp³-hybridized carbons (Fsp3) is 0.710. The number of carbonyl (C=O) groups is 2. The first kappa shape index (κ1) is 31.3. The fourth-order valence-electron chi connectivity index (χ4n) is 6.57. The van der Waals surface area contributed by atoms with Crippen molar-refractivity contribution in [1.82, 2.24) is 29.8 Å². The van der Waals surface area contributed by atoms with E-state index in [-0.39, 0.29) is 23.9 Å². The quantitative estimate of drug-likeness (QED) is 0.127. The molecule has 3 unspecified atom stereocenters. The predicted molar refractivity (Wildman–Crippen MR) is 163 cm³/mol. The Hall–Kier alpha value is -2.69. The molecule has 4 rings (SSSR count). The van der Waals surface area contributed by atoms with Crippen LogP contribution in [0.4, 0.5) is 0 Å². The minimum absolute atomic E-state index is 0.00587. The summed E-state index contributed by atoms with van der Waals surface area (Å²) in [5.74, 6) is 0.986. The number of hydrogen-bond donors (Lipinski definition) is 1. The summed E-state index contributed by atoms with van der Waals surface area (Å²) >= 11 is 0. The third-order valence-corrected chi connectivity index (χ3v) is 9.04. The topological polar surface area (TPSA) is 84.0 Å². The van der Waals surface area contributed by atoms with Crippen molar-refractivity contribution in [3.8, 4) is 0 Å². The lowest BCUT2D eigenvalue weighted by Gasteiger charge is -2.41. The van der Waals surface area contributed by atoms with E-state index in [1.165, 1.54) is 0 Å². The number of nitrogens with zero attached hydrogens (tertiary/aromatic N) is 6. The average molecular weight is 570 g/mol. The summed E-state index contributed by atoms with van der Waals surface area (Å²) in [6.07, 6.45) is 13.6. The van der Waals surface area contributed by atoms with Crippen LogP contribution in [-0.2, 0) is 14.3 Å². The number of aliphatic imine (C=N–C) groups is 1. The molecule has 228 valence electrons.